The molecule has 1 atom stereocenters. The number of rotatable bonds is 13. The van der Waals surface area contributed by atoms with Gasteiger partial charge in [-0.15, -0.1) is 0 Å². The van der Waals surface area contributed by atoms with Gasteiger partial charge in [0.2, 0.25) is 5.95 Å². The number of benzene rings is 2. The van der Waals surface area contributed by atoms with Crippen LogP contribution in [0, 0.1) is 0 Å². The van der Waals surface area contributed by atoms with Crippen LogP contribution in [-0.2, 0) is 0 Å². The first-order valence-corrected chi connectivity index (χ1v) is 12.9. The first kappa shape index (κ1) is 28.8. The van der Waals surface area contributed by atoms with Gasteiger partial charge in [-0.2, -0.15) is 15.1 Å². The molecule has 3 rings (SSSR count). The average Bonchev–Trinajstić information content (AvgIpc) is 2.91. The van der Waals surface area contributed by atoms with Gasteiger partial charge in [-0.3, -0.25) is 5.43 Å². The van der Waals surface area contributed by atoms with Gasteiger partial charge in [0.1, 0.15) is 24.8 Å². The summed E-state index contributed by atoms with van der Waals surface area (Å²) in [5.74, 6) is 4.20. The van der Waals surface area contributed by atoms with Gasteiger partial charge in [0, 0.05) is 34.3 Å². The Morgan fingerprint density at radius 1 is 1.00 bits per heavy atom. The predicted octanol–water partition coefficient (Wildman–Crippen LogP) is 5.69. The second kappa shape index (κ2) is 13.7. The van der Waals surface area contributed by atoms with E-state index in [2.05, 4.69) is 46.5 Å². The van der Waals surface area contributed by atoms with E-state index in [9.17, 15) is 0 Å². The molecule has 204 valence electrons. The summed E-state index contributed by atoms with van der Waals surface area (Å²) in [5, 5.41) is 4.73. The van der Waals surface area contributed by atoms with Crippen LogP contribution in [0.2, 0.25) is 5.02 Å². The zero-order chi connectivity index (χ0) is 27.7. The highest BCUT2D eigenvalue weighted by Gasteiger charge is 2.12. The van der Waals surface area contributed by atoms with E-state index in [1.807, 2.05) is 56.2 Å². The molecule has 0 fully saturated rings. The first-order valence-electron chi connectivity index (χ1n) is 12.5. The van der Waals surface area contributed by atoms with Crippen molar-refractivity contribution in [2.45, 2.75) is 26.2 Å². The maximum atomic E-state index is 6.52. The van der Waals surface area contributed by atoms with Crippen molar-refractivity contribution < 1.29 is 14.2 Å². The minimum Gasteiger partial charge on any atom is -0.493 e. The quantitative estimate of drug-likeness (QED) is 0.168. The molecule has 0 aliphatic heterocycles. The predicted molar refractivity (Wildman–Crippen MR) is 156 cm³/mol. The number of ether oxygens (including phenoxy) is 3. The second-order valence-corrected chi connectivity index (χ2v) is 9.59. The van der Waals surface area contributed by atoms with Crippen LogP contribution < -0.4 is 29.4 Å². The summed E-state index contributed by atoms with van der Waals surface area (Å²) in [6.07, 6.45) is 2.74. The Kier molecular flexibility index (Phi) is 10.4. The molecule has 0 saturated heterocycles. The second-order valence-electron chi connectivity index (χ2n) is 9.18. The summed E-state index contributed by atoms with van der Waals surface area (Å²) in [5.41, 5.74) is 5.00. The van der Waals surface area contributed by atoms with E-state index < -0.39 is 0 Å². The molecular weight excluding hydrogens is 504 g/mol. The van der Waals surface area contributed by atoms with Gasteiger partial charge in [-0.1, -0.05) is 37.6 Å². The molecule has 38 heavy (non-hydrogen) atoms. The lowest BCUT2D eigenvalue weighted by molar-refractivity contribution is 0.211. The number of anilines is 3. The van der Waals surface area contributed by atoms with E-state index >= 15 is 0 Å². The number of halogens is 1. The number of hydrogen-bond acceptors (Lipinski definition) is 9. The highest BCUT2D eigenvalue weighted by Crippen LogP contribution is 2.36. The van der Waals surface area contributed by atoms with Crippen molar-refractivity contribution in [3.8, 4) is 17.2 Å². The van der Waals surface area contributed by atoms with E-state index in [0.717, 1.165) is 23.6 Å². The summed E-state index contributed by atoms with van der Waals surface area (Å²) in [6, 6.07) is 13.6. The van der Waals surface area contributed by atoms with Crippen molar-refractivity contribution in [2.75, 3.05) is 63.7 Å². The standard InChI is InChI=1S/C28H37ClN6O3/c1-8-19(2)21-9-11-22(12-10-21)37-13-14-38-27-23(29)15-20(16-24(27)36-7)18-30-33-25-17-26(34(3)4)32-28(31-25)35(5)6/h9-12,15-19H,8,13-14H2,1-7H3,(H,31,32,33)/b30-18-/t19-/m1/s1. The molecule has 0 amide bonds. The van der Waals surface area contributed by atoms with Gasteiger partial charge in [-0.05, 0) is 47.7 Å². The van der Waals surface area contributed by atoms with Gasteiger partial charge in [-0.25, -0.2) is 0 Å². The van der Waals surface area contributed by atoms with Crippen LogP contribution in [0.5, 0.6) is 17.2 Å². The van der Waals surface area contributed by atoms with Crippen molar-refractivity contribution in [3.05, 3.63) is 58.6 Å². The molecule has 0 bridgehead atoms. The van der Waals surface area contributed by atoms with E-state index in [-0.39, 0.29) is 0 Å². The Labute approximate surface area is 230 Å². The van der Waals surface area contributed by atoms with Crippen molar-refractivity contribution in [1.82, 2.24) is 9.97 Å². The molecule has 0 aliphatic rings. The lowest BCUT2D eigenvalue weighted by atomic mass is 9.99. The van der Waals surface area contributed by atoms with Gasteiger partial charge < -0.3 is 24.0 Å². The fourth-order valence-electron chi connectivity index (χ4n) is 3.47. The molecule has 2 aromatic carbocycles. The molecule has 0 aliphatic carbocycles. The Morgan fingerprint density at radius 2 is 1.71 bits per heavy atom. The maximum Gasteiger partial charge on any atom is 0.228 e. The van der Waals surface area contributed by atoms with Crippen molar-refractivity contribution in [1.29, 1.82) is 0 Å². The fourth-order valence-corrected chi connectivity index (χ4v) is 3.74. The topological polar surface area (TPSA) is 84.3 Å². The van der Waals surface area contributed by atoms with E-state index in [1.165, 1.54) is 5.56 Å². The van der Waals surface area contributed by atoms with Crippen LogP contribution in [0.15, 0.2) is 47.6 Å². The summed E-state index contributed by atoms with van der Waals surface area (Å²) in [6.45, 7) is 5.09. The van der Waals surface area contributed by atoms with Crippen LogP contribution in [-0.4, -0.2) is 64.7 Å². The monoisotopic (exact) mass is 540 g/mol. The van der Waals surface area contributed by atoms with Crippen LogP contribution in [0.25, 0.3) is 0 Å². The molecule has 1 heterocycles. The Hall–Kier alpha value is -3.72. The third-order valence-electron chi connectivity index (χ3n) is 5.86. The molecule has 3 aromatic rings. The van der Waals surface area contributed by atoms with Crippen LogP contribution >= 0.6 is 11.6 Å². The molecular formula is C28H37ClN6O3. The minimum absolute atomic E-state index is 0.314. The fraction of sp³-hybridized carbons (Fsp3) is 0.393. The smallest absolute Gasteiger partial charge is 0.228 e. The Bertz CT molecular complexity index is 1190. The Morgan fingerprint density at radius 3 is 2.34 bits per heavy atom. The minimum atomic E-state index is 0.314. The van der Waals surface area contributed by atoms with Crippen LogP contribution in [0.4, 0.5) is 17.6 Å². The summed E-state index contributed by atoms with van der Waals surface area (Å²) in [4.78, 5) is 12.7. The average molecular weight is 541 g/mol. The molecule has 0 saturated carbocycles. The van der Waals surface area contributed by atoms with E-state index in [0.29, 0.717) is 47.4 Å². The van der Waals surface area contributed by atoms with Gasteiger partial charge in [0.25, 0.3) is 0 Å². The SMILES string of the molecule is CC[C@@H](C)c1ccc(OCCOc2c(Cl)cc(/C=N\Nc3cc(N(C)C)nc(N(C)C)n3)cc2OC)cc1. The molecule has 0 spiro atoms. The van der Waals surface area contributed by atoms with Gasteiger partial charge in [0.15, 0.2) is 17.3 Å². The molecule has 0 radical (unpaired) electrons. The normalized spacial score (nSPS) is 11.8. The van der Waals surface area contributed by atoms with E-state index in [1.54, 1.807) is 25.5 Å². The number of hydrazone groups is 1. The zero-order valence-corrected chi connectivity index (χ0v) is 23.9. The maximum absolute atomic E-state index is 6.52. The van der Waals surface area contributed by atoms with Crippen molar-refractivity contribution >= 4 is 35.4 Å². The van der Waals surface area contributed by atoms with Crippen LogP contribution in [0.1, 0.15) is 37.3 Å². The third-order valence-corrected chi connectivity index (χ3v) is 6.14. The largest absolute Gasteiger partial charge is 0.493 e. The first-order chi connectivity index (χ1) is 18.2. The number of nitrogens with one attached hydrogen (secondary N) is 1. The number of methoxy groups -OCH3 is 1. The number of aromatic nitrogens is 2. The molecule has 1 N–H and O–H groups in total. The highest BCUT2D eigenvalue weighted by molar-refractivity contribution is 6.32. The number of hydrogen-bond donors (Lipinski definition) is 1. The molecule has 10 heteroatoms. The van der Waals surface area contributed by atoms with Gasteiger partial charge in [0.05, 0.1) is 18.3 Å². The summed E-state index contributed by atoms with van der Waals surface area (Å²) < 4.78 is 17.2. The molecule has 9 nitrogen and oxygen atoms in total. The summed E-state index contributed by atoms with van der Waals surface area (Å²) in [7, 11) is 9.18. The highest BCUT2D eigenvalue weighted by atomic mass is 35.5. The van der Waals surface area contributed by atoms with Gasteiger partial charge >= 0.3 is 0 Å². The third kappa shape index (κ3) is 7.89. The Balaban J connectivity index is 1.61. The van der Waals surface area contributed by atoms with Crippen molar-refractivity contribution in [2.24, 2.45) is 5.10 Å². The molecule has 1 aromatic heterocycles. The summed E-state index contributed by atoms with van der Waals surface area (Å²) >= 11 is 6.52. The number of nitrogens with zero attached hydrogens (tertiary/aromatic N) is 5. The van der Waals surface area contributed by atoms with E-state index in [4.69, 9.17) is 25.8 Å². The van der Waals surface area contributed by atoms with Crippen molar-refractivity contribution in [3.63, 3.8) is 0 Å². The molecule has 0 unspecified atom stereocenters. The zero-order valence-electron chi connectivity index (χ0n) is 23.2. The lowest BCUT2D eigenvalue weighted by Crippen LogP contribution is -2.17. The van der Waals surface area contributed by atoms with Crippen LogP contribution in [0.3, 0.4) is 0 Å². The lowest BCUT2D eigenvalue weighted by Gasteiger charge is -2.17.